The number of carbonyl (C=O) groups excluding carboxylic acids is 1. The Morgan fingerprint density at radius 2 is 1.00 bits per heavy atom. The van der Waals surface area contributed by atoms with E-state index in [1.54, 1.807) is 11.1 Å². The Morgan fingerprint density at radius 3 is 1.42 bits per heavy atom. The molecule has 0 radical (unpaired) electrons. The number of fused-ring (bicyclic) bond motifs is 3. The van der Waals surface area contributed by atoms with E-state index >= 15 is 0 Å². The lowest BCUT2D eigenvalue weighted by molar-refractivity contribution is -0.111. The lowest BCUT2D eigenvalue weighted by Crippen LogP contribution is -2.01. The zero-order valence-corrected chi connectivity index (χ0v) is 15.3. The highest BCUT2D eigenvalue weighted by atomic mass is 16.1. The molecule has 120 valence electrons. The minimum Gasteiger partial charge on any atom is -0.289 e. The van der Waals surface area contributed by atoms with Crippen molar-refractivity contribution in [2.75, 3.05) is 0 Å². The minimum absolute atomic E-state index is 0.232. The van der Waals surface area contributed by atoms with Crippen LogP contribution in [0.3, 0.4) is 0 Å². The molecule has 0 unspecified atom stereocenters. The molecular weight excluding hydrogens is 292 g/mol. The van der Waals surface area contributed by atoms with E-state index < -0.39 is 0 Å². The summed E-state index contributed by atoms with van der Waals surface area (Å²) in [6, 6.07) is 0. The van der Waals surface area contributed by atoms with Gasteiger partial charge in [-0.05, 0) is 121 Å². The fourth-order valence-electron chi connectivity index (χ4n) is 5.44. The van der Waals surface area contributed by atoms with Crippen molar-refractivity contribution >= 4 is 27.7 Å². The van der Waals surface area contributed by atoms with Crippen molar-refractivity contribution in [2.45, 2.75) is 54.4 Å². The third-order valence-electron chi connectivity index (χ3n) is 6.94. The lowest BCUT2D eigenvalue weighted by atomic mass is 9.87. The molecule has 0 spiro atoms. The highest BCUT2D eigenvalue weighted by Crippen LogP contribution is 2.57. The number of aryl methyl sites for hydroxylation is 2. The minimum atomic E-state index is 0.232. The van der Waals surface area contributed by atoms with Crippen molar-refractivity contribution < 1.29 is 4.79 Å². The molecular formula is C23H22O. The zero-order valence-electron chi connectivity index (χ0n) is 15.3. The highest BCUT2D eigenvalue weighted by Gasteiger charge is 2.40. The van der Waals surface area contributed by atoms with Crippen LogP contribution in [0.25, 0.3) is 21.9 Å². The van der Waals surface area contributed by atoms with Crippen molar-refractivity contribution in [3.8, 4) is 0 Å². The highest BCUT2D eigenvalue weighted by molar-refractivity contribution is 6.38. The summed E-state index contributed by atoms with van der Waals surface area (Å²) in [5.41, 5.74) is 15.8. The van der Waals surface area contributed by atoms with Crippen LogP contribution < -0.4 is 0 Å². The Balaban J connectivity index is 2.16. The fraction of sp³-hybridized carbons (Fsp3) is 0.348. The van der Waals surface area contributed by atoms with Crippen molar-refractivity contribution in [3.63, 3.8) is 0 Å². The Morgan fingerprint density at radius 1 is 0.583 bits per heavy atom. The van der Waals surface area contributed by atoms with Gasteiger partial charge in [0.05, 0.1) is 0 Å². The first kappa shape index (κ1) is 14.2. The van der Waals surface area contributed by atoms with Gasteiger partial charge in [0.15, 0.2) is 5.78 Å². The summed E-state index contributed by atoms with van der Waals surface area (Å²) < 4.78 is 0. The van der Waals surface area contributed by atoms with Crippen LogP contribution in [0.1, 0.15) is 58.4 Å². The van der Waals surface area contributed by atoms with Gasteiger partial charge < -0.3 is 0 Å². The van der Waals surface area contributed by atoms with Crippen LogP contribution in [-0.2, 0) is 17.6 Å². The van der Waals surface area contributed by atoms with Crippen molar-refractivity contribution in [1.82, 2.24) is 0 Å². The molecule has 0 fully saturated rings. The third-order valence-corrected chi connectivity index (χ3v) is 6.94. The van der Waals surface area contributed by atoms with Gasteiger partial charge in [-0.3, -0.25) is 4.79 Å². The average Bonchev–Trinajstić information content (AvgIpc) is 3.19. The quantitative estimate of drug-likeness (QED) is 0.643. The normalized spacial score (nSPS) is 17.8. The van der Waals surface area contributed by atoms with Crippen LogP contribution in [0.15, 0.2) is 11.1 Å². The number of hydrogen-bond acceptors (Lipinski definition) is 1. The number of rotatable bonds is 0. The number of Topliss-reactive ketones (excluding diaryl/α,β-unsaturated/α-hetero) is 1. The third kappa shape index (κ3) is 1.26. The van der Waals surface area contributed by atoms with Gasteiger partial charge in [0, 0.05) is 11.1 Å². The molecule has 3 aliphatic rings. The lowest BCUT2D eigenvalue weighted by Gasteiger charge is -2.17. The zero-order chi connectivity index (χ0) is 17.1. The first-order chi connectivity index (χ1) is 11.4. The van der Waals surface area contributed by atoms with E-state index in [-0.39, 0.29) is 5.78 Å². The monoisotopic (exact) mass is 314 g/mol. The SMILES string of the molecule is CC1=C2C(=C(C)C1=O)c1c(C)c(C)c3c4c(c(C)c(C)c2c14)CC3. The number of allylic oxidation sites excluding steroid dienone is 4. The van der Waals surface area contributed by atoms with E-state index in [2.05, 4.69) is 27.7 Å². The van der Waals surface area contributed by atoms with Gasteiger partial charge in [-0.2, -0.15) is 0 Å². The molecule has 0 N–H and O–H groups in total. The molecule has 0 saturated carbocycles. The maximum atomic E-state index is 12.7. The first-order valence-electron chi connectivity index (χ1n) is 8.91. The fourth-order valence-corrected chi connectivity index (χ4v) is 5.44. The number of hydrogen-bond donors (Lipinski definition) is 0. The Kier molecular flexibility index (Phi) is 2.42. The molecule has 0 aromatic heterocycles. The summed E-state index contributed by atoms with van der Waals surface area (Å²) in [5.74, 6) is 0.232. The van der Waals surface area contributed by atoms with Gasteiger partial charge >= 0.3 is 0 Å². The van der Waals surface area contributed by atoms with E-state index in [0.717, 1.165) is 24.0 Å². The Bertz CT molecular complexity index is 1020. The maximum absolute atomic E-state index is 12.7. The van der Waals surface area contributed by atoms with Crippen molar-refractivity contribution in [1.29, 1.82) is 0 Å². The predicted octanol–water partition coefficient (Wildman–Crippen LogP) is 5.32. The van der Waals surface area contributed by atoms with Crippen LogP contribution in [0.5, 0.6) is 0 Å². The van der Waals surface area contributed by atoms with E-state index in [4.69, 9.17) is 0 Å². The molecule has 5 rings (SSSR count). The Hall–Kier alpha value is -2.15. The van der Waals surface area contributed by atoms with Gasteiger partial charge in [0.1, 0.15) is 0 Å². The molecule has 1 heteroatoms. The van der Waals surface area contributed by atoms with Gasteiger partial charge in [-0.1, -0.05) is 0 Å². The number of ketones is 1. The molecule has 0 aliphatic heterocycles. The van der Waals surface area contributed by atoms with Crippen molar-refractivity contribution in [2.24, 2.45) is 0 Å². The molecule has 0 bridgehead atoms. The largest absolute Gasteiger partial charge is 0.289 e. The molecule has 0 heterocycles. The summed E-state index contributed by atoms with van der Waals surface area (Å²) in [6.45, 7) is 13.1. The number of carbonyl (C=O) groups is 1. The molecule has 1 nitrogen and oxygen atoms in total. The van der Waals surface area contributed by atoms with Crippen LogP contribution in [-0.4, -0.2) is 5.78 Å². The molecule has 0 saturated heterocycles. The van der Waals surface area contributed by atoms with Crippen LogP contribution in [0, 0.1) is 27.7 Å². The molecule has 0 atom stereocenters. The van der Waals surface area contributed by atoms with Gasteiger partial charge in [-0.15, -0.1) is 0 Å². The smallest absolute Gasteiger partial charge is 0.185 e. The van der Waals surface area contributed by atoms with Gasteiger partial charge in [0.25, 0.3) is 0 Å². The maximum Gasteiger partial charge on any atom is 0.185 e. The molecule has 3 aliphatic carbocycles. The Labute approximate surface area is 143 Å². The van der Waals surface area contributed by atoms with E-state index in [1.807, 2.05) is 13.8 Å². The molecule has 2 aromatic rings. The molecule has 24 heavy (non-hydrogen) atoms. The summed E-state index contributed by atoms with van der Waals surface area (Å²) in [6.07, 6.45) is 2.33. The average molecular weight is 314 g/mol. The topological polar surface area (TPSA) is 17.1 Å². The van der Waals surface area contributed by atoms with E-state index in [9.17, 15) is 4.79 Å². The summed E-state index contributed by atoms with van der Waals surface area (Å²) in [5, 5.41) is 2.95. The van der Waals surface area contributed by atoms with Crippen LogP contribution >= 0.6 is 0 Å². The second kappa shape index (κ2) is 4.08. The molecule has 2 aromatic carbocycles. The second-order valence-corrected chi connectivity index (χ2v) is 7.79. The van der Waals surface area contributed by atoms with E-state index in [0.29, 0.717) is 0 Å². The van der Waals surface area contributed by atoms with Crippen molar-refractivity contribution in [3.05, 3.63) is 55.7 Å². The van der Waals surface area contributed by atoms with Gasteiger partial charge in [0.2, 0.25) is 0 Å². The molecule has 0 amide bonds. The first-order valence-corrected chi connectivity index (χ1v) is 8.91. The summed E-state index contributed by atoms with van der Waals surface area (Å²) in [7, 11) is 0. The second-order valence-electron chi connectivity index (χ2n) is 7.79. The van der Waals surface area contributed by atoms with Crippen LogP contribution in [0.4, 0.5) is 0 Å². The van der Waals surface area contributed by atoms with Crippen LogP contribution in [0.2, 0.25) is 0 Å². The standard InChI is InChI=1S/C23H22O/c1-9-11(3)17-19-13(5)23(24)14(6)20(19)18-12(4)10(2)16-8-7-15(9)21(16)22(17)18/h7-8H2,1-6H3. The van der Waals surface area contributed by atoms with Gasteiger partial charge in [-0.25, -0.2) is 0 Å². The number of benzene rings is 2. The predicted molar refractivity (Wildman–Crippen MR) is 100 cm³/mol. The summed E-state index contributed by atoms with van der Waals surface area (Å²) in [4.78, 5) is 12.7. The summed E-state index contributed by atoms with van der Waals surface area (Å²) >= 11 is 0. The van der Waals surface area contributed by atoms with E-state index in [1.165, 1.54) is 55.3 Å².